The highest BCUT2D eigenvalue weighted by Gasteiger charge is 2.26. The standard InChI is InChI=1S/C17H20N2O4/c20-15(18-12-7-5-11(6-8-12)17(21)22)9-10-16-19-13-3-1-2-4-14(13)23-16/h1-4,11-12H,5-10H2,(H,18,20)(H,21,22). The van der Waals surface area contributed by atoms with Crippen LogP contribution >= 0.6 is 0 Å². The lowest BCUT2D eigenvalue weighted by atomic mass is 9.86. The molecule has 6 nitrogen and oxygen atoms in total. The highest BCUT2D eigenvalue weighted by atomic mass is 16.4. The number of aryl methyl sites for hydroxylation is 1. The maximum absolute atomic E-state index is 12.0. The normalized spacial score (nSPS) is 21.2. The number of nitrogens with zero attached hydrogens (tertiary/aromatic N) is 1. The molecule has 122 valence electrons. The predicted octanol–water partition coefficient (Wildman–Crippen LogP) is 2.52. The minimum Gasteiger partial charge on any atom is -0.481 e. The Bertz CT molecular complexity index is 668. The number of hydrogen-bond acceptors (Lipinski definition) is 4. The lowest BCUT2D eigenvalue weighted by molar-refractivity contribution is -0.142. The fourth-order valence-electron chi connectivity index (χ4n) is 3.03. The summed E-state index contributed by atoms with van der Waals surface area (Å²) in [7, 11) is 0. The molecule has 1 saturated carbocycles. The molecule has 1 heterocycles. The molecular formula is C17H20N2O4. The molecular weight excluding hydrogens is 296 g/mol. The van der Waals surface area contributed by atoms with Crippen LogP contribution in [0.4, 0.5) is 0 Å². The van der Waals surface area contributed by atoms with Gasteiger partial charge in [0.05, 0.1) is 5.92 Å². The number of carbonyl (C=O) groups excluding carboxylic acids is 1. The third-order valence-corrected chi connectivity index (χ3v) is 4.35. The van der Waals surface area contributed by atoms with E-state index in [0.717, 1.165) is 23.9 Å². The third kappa shape index (κ3) is 3.88. The molecule has 2 aromatic rings. The Hall–Kier alpha value is -2.37. The predicted molar refractivity (Wildman–Crippen MR) is 83.9 cm³/mol. The number of rotatable bonds is 5. The van der Waals surface area contributed by atoms with Crippen LogP contribution in [-0.4, -0.2) is 28.0 Å². The van der Waals surface area contributed by atoms with Crippen LogP contribution in [0, 0.1) is 5.92 Å². The number of aliphatic carboxylic acids is 1. The van der Waals surface area contributed by atoms with Crippen LogP contribution in [0.1, 0.15) is 38.0 Å². The monoisotopic (exact) mass is 316 g/mol. The van der Waals surface area contributed by atoms with Gasteiger partial charge in [0.25, 0.3) is 0 Å². The maximum atomic E-state index is 12.0. The molecule has 1 aliphatic rings. The molecule has 6 heteroatoms. The zero-order chi connectivity index (χ0) is 16.2. The Morgan fingerprint density at radius 3 is 2.65 bits per heavy atom. The van der Waals surface area contributed by atoms with Gasteiger partial charge in [-0.25, -0.2) is 4.98 Å². The van der Waals surface area contributed by atoms with Gasteiger partial charge in [0.15, 0.2) is 11.5 Å². The van der Waals surface area contributed by atoms with E-state index in [1.165, 1.54) is 0 Å². The van der Waals surface area contributed by atoms with Gasteiger partial charge in [-0.3, -0.25) is 9.59 Å². The average molecular weight is 316 g/mol. The summed E-state index contributed by atoms with van der Waals surface area (Å²) in [5.41, 5.74) is 1.53. The number of carbonyl (C=O) groups is 2. The number of benzene rings is 1. The minimum atomic E-state index is -0.731. The minimum absolute atomic E-state index is 0.0361. The first-order valence-corrected chi connectivity index (χ1v) is 7.98. The Morgan fingerprint density at radius 2 is 1.96 bits per heavy atom. The Labute approximate surface area is 133 Å². The Balaban J connectivity index is 1.45. The number of oxazole rings is 1. The second-order valence-corrected chi connectivity index (χ2v) is 6.03. The Kier molecular flexibility index (Phi) is 4.60. The topological polar surface area (TPSA) is 92.4 Å². The number of hydrogen-bond donors (Lipinski definition) is 2. The Morgan fingerprint density at radius 1 is 1.22 bits per heavy atom. The molecule has 0 aliphatic heterocycles. The van der Waals surface area contributed by atoms with Gasteiger partial charge in [-0.1, -0.05) is 12.1 Å². The zero-order valence-electron chi connectivity index (χ0n) is 12.8. The molecule has 1 amide bonds. The van der Waals surface area contributed by atoms with E-state index in [1.54, 1.807) is 0 Å². The largest absolute Gasteiger partial charge is 0.481 e. The molecule has 23 heavy (non-hydrogen) atoms. The van der Waals surface area contributed by atoms with Gasteiger partial charge in [0, 0.05) is 18.9 Å². The molecule has 0 saturated heterocycles. The first kappa shape index (κ1) is 15.5. The van der Waals surface area contributed by atoms with Gasteiger partial charge in [0.1, 0.15) is 5.52 Å². The quantitative estimate of drug-likeness (QED) is 0.884. The van der Waals surface area contributed by atoms with Crippen molar-refractivity contribution in [3.8, 4) is 0 Å². The SMILES string of the molecule is O=C(CCc1nc2ccccc2o1)NC1CCC(C(=O)O)CC1. The van der Waals surface area contributed by atoms with Gasteiger partial charge in [0.2, 0.25) is 5.91 Å². The molecule has 0 bridgehead atoms. The number of carboxylic acids is 1. The average Bonchev–Trinajstić information content (AvgIpc) is 2.96. The van der Waals surface area contributed by atoms with Crippen molar-refractivity contribution in [1.82, 2.24) is 10.3 Å². The molecule has 1 aromatic carbocycles. The third-order valence-electron chi connectivity index (χ3n) is 4.35. The van der Waals surface area contributed by atoms with E-state index in [2.05, 4.69) is 10.3 Å². The molecule has 0 radical (unpaired) electrons. The molecule has 0 atom stereocenters. The van der Waals surface area contributed by atoms with Crippen LogP contribution in [0.5, 0.6) is 0 Å². The van der Waals surface area contributed by atoms with E-state index in [9.17, 15) is 9.59 Å². The lowest BCUT2D eigenvalue weighted by Crippen LogP contribution is -2.38. The van der Waals surface area contributed by atoms with Crippen LogP contribution in [0.15, 0.2) is 28.7 Å². The summed E-state index contributed by atoms with van der Waals surface area (Å²) in [6.45, 7) is 0. The number of nitrogens with one attached hydrogen (secondary N) is 1. The molecule has 1 aromatic heterocycles. The smallest absolute Gasteiger partial charge is 0.306 e. The van der Waals surface area contributed by atoms with Gasteiger partial charge < -0.3 is 14.8 Å². The van der Waals surface area contributed by atoms with Crippen LogP contribution in [0.25, 0.3) is 11.1 Å². The van der Waals surface area contributed by atoms with Crippen molar-refractivity contribution in [2.75, 3.05) is 0 Å². The first-order valence-electron chi connectivity index (χ1n) is 7.98. The number of amides is 1. The van der Waals surface area contributed by atoms with E-state index < -0.39 is 5.97 Å². The molecule has 3 rings (SSSR count). The molecule has 0 unspecified atom stereocenters. The van der Waals surface area contributed by atoms with Crippen molar-refractivity contribution in [2.45, 2.75) is 44.6 Å². The van der Waals surface area contributed by atoms with Crippen molar-refractivity contribution < 1.29 is 19.1 Å². The number of carboxylic acid groups (broad SMARTS) is 1. The maximum Gasteiger partial charge on any atom is 0.306 e. The van der Waals surface area contributed by atoms with Gasteiger partial charge in [-0.15, -0.1) is 0 Å². The first-order chi connectivity index (χ1) is 11.1. The van der Waals surface area contributed by atoms with E-state index in [0.29, 0.717) is 31.6 Å². The molecule has 1 aliphatic carbocycles. The molecule has 2 N–H and O–H groups in total. The lowest BCUT2D eigenvalue weighted by Gasteiger charge is -2.26. The summed E-state index contributed by atoms with van der Waals surface area (Å²) in [5.74, 6) is -0.462. The zero-order valence-corrected chi connectivity index (χ0v) is 12.8. The fourth-order valence-corrected chi connectivity index (χ4v) is 3.03. The number of para-hydroxylation sites is 2. The highest BCUT2D eigenvalue weighted by molar-refractivity contribution is 5.77. The van der Waals surface area contributed by atoms with Crippen LogP contribution < -0.4 is 5.32 Å². The van der Waals surface area contributed by atoms with Gasteiger partial charge >= 0.3 is 5.97 Å². The van der Waals surface area contributed by atoms with Crippen molar-refractivity contribution in [3.63, 3.8) is 0 Å². The number of aromatic nitrogens is 1. The summed E-state index contributed by atoms with van der Waals surface area (Å²) < 4.78 is 5.59. The van der Waals surface area contributed by atoms with E-state index >= 15 is 0 Å². The van der Waals surface area contributed by atoms with Gasteiger partial charge in [-0.2, -0.15) is 0 Å². The van der Waals surface area contributed by atoms with E-state index in [-0.39, 0.29) is 17.9 Å². The van der Waals surface area contributed by atoms with E-state index in [1.807, 2.05) is 24.3 Å². The van der Waals surface area contributed by atoms with Crippen molar-refractivity contribution in [3.05, 3.63) is 30.2 Å². The van der Waals surface area contributed by atoms with Crippen LogP contribution in [0.3, 0.4) is 0 Å². The summed E-state index contributed by atoms with van der Waals surface area (Å²) >= 11 is 0. The van der Waals surface area contributed by atoms with Crippen LogP contribution in [-0.2, 0) is 16.0 Å². The summed E-state index contributed by atoms with van der Waals surface area (Å²) in [6, 6.07) is 7.60. The highest BCUT2D eigenvalue weighted by Crippen LogP contribution is 2.24. The second kappa shape index (κ2) is 6.81. The van der Waals surface area contributed by atoms with Crippen LogP contribution in [0.2, 0.25) is 0 Å². The summed E-state index contributed by atoms with van der Waals surface area (Å²) in [4.78, 5) is 27.3. The fraction of sp³-hybridized carbons (Fsp3) is 0.471. The number of fused-ring (bicyclic) bond motifs is 1. The summed E-state index contributed by atoms with van der Waals surface area (Å²) in [6.07, 6.45) is 3.50. The van der Waals surface area contributed by atoms with Crippen molar-refractivity contribution in [1.29, 1.82) is 0 Å². The van der Waals surface area contributed by atoms with Gasteiger partial charge in [-0.05, 0) is 37.8 Å². The summed E-state index contributed by atoms with van der Waals surface area (Å²) in [5, 5.41) is 12.0. The van der Waals surface area contributed by atoms with Crippen molar-refractivity contribution >= 4 is 23.0 Å². The molecule has 0 spiro atoms. The van der Waals surface area contributed by atoms with E-state index in [4.69, 9.17) is 9.52 Å². The second-order valence-electron chi connectivity index (χ2n) is 6.03. The van der Waals surface area contributed by atoms with Crippen molar-refractivity contribution in [2.24, 2.45) is 5.92 Å². The molecule has 1 fully saturated rings.